The first kappa shape index (κ1) is 16.8. The highest BCUT2D eigenvalue weighted by molar-refractivity contribution is 5.69. The zero-order valence-corrected chi connectivity index (χ0v) is 13.2. The lowest BCUT2D eigenvalue weighted by Crippen LogP contribution is -2.10. The molecule has 122 valence electrons. The normalized spacial score (nSPS) is 10.2. The maximum absolute atomic E-state index is 13.2. The molecule has 0 aliphatic heterocycles. The van der Waals surface area contributed by atoms with E-state index in [-0.39, 0.29) is 19.6 Å². The third-order valence-corrected chi connectivity index (χ3v) is 3.23. The van der Waals surface area contributed by atoms with Crippen molar-refractivity contribution in [1.29, 1.82) is 0 Å². The molecule has 0 N–H and O–H groups in total. The van der Waals surface area contributed by atoms with Crippen molar-refractivity contribution in [3.8, 4) is 11.5 Å². The molecule has 23 heavy (non-hydrogen) atoms. The molecule has 0 heterocycles. The first-order valence-corrected chi connectivity index (χ1v) is 7.26. The monoisotopic (exact) mass is 318 g/mol. The van der Waals surface area contributed by atoms with Crippen LogP contribution in [0.1, 0.15) is 17.5 Å². The molecule has 0 radical (unpaired) electrons. The molecule has 2 aromatic carbocycles. The minimum Gasteiger partial charge on any atom is -0.496 e. The number of carbonyl (C=O) groups is 1. The molecule has 0 unspecified atom stereocenters. The largest absolute Gasteiger partial charge is 0.496 e. The summed E-state index contributed by atoms with van der Waals surface area (Å²) >= 11 is 0. The van der Waals surface area contributed by atoms with Crippen LogP contribution >= 0.6 is 0 Å². The van der Waals surface area contributed by atoms with Gasteiger partial charge in [0, 0.05) is 5.56 Å². The number of benzene rings is 2. The second-order valence-corrected chi connectivity index (χ2v) is 5.03. The number of halogens is 1. The van der Waals surface area contributed by atoms with Gasteiger partial charge in [-0.2, -0.15) is 0 Å². The summed E-state index contributed by atoms with van der Waals surface area (Å²) < 4.78 is 28.9. The summed E-state index contributed by atoms with van der Waals surface area (Å²) in [5, 5.41) is 0. The molecule has 0 aliphatic carbocycles. The molecule has 0 atom stereocenters. The van der Waals surface area contributed by atoms with Crippen molar-refractivity contribution >= 4 is 5.97 Å². The summed E-state index contributed by atoms with van der Waals surface area (Å²) in [6.45, 7) is 2.17. The first-order chi connectivity index (χ1) is 11.1. The van der Waals surface area contributed by atoms with Gasteiger partial charge in [0.05, 0.1) is 20.1 Å². The summed E-state index contributed by atoms with van der Waals surface area (Å²) in [7, 11) is 1.48. The number of aryl methyl sites for hydroxylation is 1. The van der Waals surface area contributed by atoms with Crippen molar-refractivity contribution in [3.63, 3.8) is 0 Å². The van der Waals surface area contributed by atoms with E-state index in [0.29, 0.717) is 17.1 Å². The lowest BCUT2D eigenvalue weighted by molar-refractivity contribution is -0.145. The molecule has 2 aromatic rings. The molecular formula is C18H19FO4. The molecule has 0 bridgehead atoms. The van der Waals surface area contributed by atoms with E-state index < -0.39 is 11.8 Å². The lowest BCUT2D eigenvalue weighted by Gasteiger charge is -2.10. The van der Waals surface area contributed by atoms with E-state index in [4.69, 9.17) is 14.2 Å². The van der Waals surface area contributed by atoms with E-state index in [0.717, 1.165) is 5.56 Å². The van der Waals surface area contributed by atoms with Crippen molar-refractivity contribution in [1.82, 2.24) is 0 Å². The van der Waals surface area contributed by atoms with E-state index in [9.17, 15) is 9.18 Å². The standard InChI is InChI=1S/C18H19FO4/c1-13-3-6-16(7-4-13)22-10-9-18(20)23-12-14-11-15(19)5-8-17(14)21-2/h3-8,11H,9-10,12H2,1-2H3. The summed E-state index contributed by atoms with van der Waals surface area (Å²) in [6.07, 6.45) is 0.117. The van der Waals surface area contributed by atoms with Gasteiger partial charge in [-0.3, -0.25) is 4.79 Å². The van der Waals surface area contributed by atoms with E-state index in [2.05, 4.69) is 0 Å². The SMILES string of the molecule is COc1ccc(F)cc1COC(=O)CCOc1ccc(C)cc1. The Morgan fingerprint density at radius 2 is 1.87 bits per heavy atom. The fourth-order valence-corrected chi connectivity index (χ4v) is 1.98. The average Bonchev–Trinajstić information content (AvgIpc) is 2.55. The van der Waals surface area contributed by atoms with E-state index >= 15 is 0 Å². The third-order valence-electron chi connectivity index (χ3n) is 3.23. The predicted molar refractivity (Wildman–Crippen MR) is 84.0 cm³/mol. The number of ether oxygens (including phenoxy) is 3. The molecule has 0 spiro atoms. The highest BCUT2D eigenvalue weighted by Gasteiger charge is 2.09. The van der Waals surface area contributed by atoms with Gasteiger partial charge in [0.25, 0.3) is 0 Å². The molecular weight excluding hydrogens is 299 g/mol. The highest BCUT2D eigenvalue weighted by Crippen LogP contribution is 2.20. The zero-order valence-electron chi connectivity index (χ0n) is 13.2. The van der Waals surface area contributed by atoms with Gasteiger partial charge in [-0.25, -0.2) is 4.39 Å². The molecule has 5 heteroatoms. The lowest BCUT2D eigenvalue weighted by atomic mass is 10.2. The van der Waals surface area contributed by atoms with Crippen LogP contribution in [0.5, 0.6) is 11.5 Å². The van der Waals surface area contributed by atoms with Crippen LogP contribution in [0.25, 0.3) is 0 Å². The fraction of sp³-hybridized carbons (Fsp3) is 0.278. The van der Waals surface area contributed by atoms with E-state index in [1.165, 1.54) is 25.3 Å². The molecule has 0 fully saturated rings. The Balaban J connectivity index is 1.77. The smallest absolute Gasteiger partial charge is 0.309 e. The molecule has 4 nitrogen and oxygen atoms in total. The maximum atomic E-state index is 13.2. The van der Waals surface area contributed by atoms with Crippen molar-refractivity contribution in [2.75, 3.05) is 13.7 Å². The number of hydrogen-bond acceptors (Lipinski definition) is 4. The fourth-order valence-electron chi connectivity index (χ4n) is 1.98. The minimum absolute atomic E-state index is 0.0374. The summed E-state index contributed by atoms with van der Waals surface area (Å²) in [6, 6.07) is 11.6. The van der Waals surface area contributed by atoms with Crippen LogP contribution in [-0.4, -0.2) is 19.7 Å². The van der Waals surface area contributed by atoms with Crippen LogP contribution in [0.2, 0.25) is 0 Å². The van der Waals surface area contributed by atoms with Gasteiger partial charge < -0.3 is 14.2 Å². The van der Waals surface area contributed by atoms with Crippen LogP contribution < -0.4 is 9.47 Å². The van der Waals surface area contributed by atoms with Gasteiger partial charge in [0.1, 0.15) is 23.9 Å². The number of esters is 1. The van der Waals surface area contributed by atoms with E-state index in [1.54, 1.807) is 0 Å². The molecule has 2 rings (SSSR count). The van der Waals surface area contributed by atoms with Crippen LogP contribution in [-0.2, 0) is 16.1 Å². The Morgan fingerprint density at radius 3 is 2.57 bits per heavy atom. The topological polar surface area (TPSA) is 44.8 Å². The number of hydrogen-bond donors (Lipinski definition) is 0. The predicted octanol–water partition coefficient (Wildman–Crippen LogP) is 3.66. The number of methoxy groups -OCH3 is 1. The van der Waals surface area contributed by atoms with Crippen molar-refractivity contribution in [3.05, 3.63) is 59.4 Å². The van der Waals surface area contributed by atoms with Crippen LogP contribution in [0, 0.1) is 12.7 Å². The Hall–Kier alpha value is -2.56. The second kappa shape index (κ2) is 8.17. The Morgan fingerprint density at radius 1 is 1.13 bits per heavy atom. The first-order valence-electron chi connectivity index (χ1n) is 7.26. The third kappa shape index (κ3) is 5.29. The van der Waals surface area contributed by atoms with Gasteiger partial charge in [-0.15, -0.1) is 0 Å². The van der Waals surface area contributed by atoms with E-state index in [1.807, 2.05) is 31.2 Å². The van der Waals surface area contributed by atoms with Crippen LogP contribution in [0.3, 0.4) is 0 Å². The second-order valence-electron chi connectivity index (χ2n) is 5.03. The number of rotatable bonds is 7. The van der Waals surface area contributed by atoms with Crippen molar-refractivity contribution < 1.29 is 23.4 Å². The molecule has 0 aliphatic rings. The van der Waals surface area contributed by atoms with Gasteiger partial charge in [-0.1, -0.05) is 17.7 Å². The summed E-state index contributed by atoms with van der Waals surface area (Å²) in [4.78, 5) is 11.7. The zero-order chi connectivity index (χ0) is 16.7. The van der Waals surface area contributed by atoms with Crippen molar-refractivity contribution in [2.45, 2.75) is 20.0 Å². The van der Waals surface area contributed by atoms with Crippen LogP contribution in [0.15, 0.2) is 42.5 Å². The van der Waals surface area contributed by atoms with Crippen molar-refractivity contribution in [2.24, 2.45) is 0 Å². The highest BCUT2D eigenvalue weighted by atomic mass is 19.1. The number of carbonyl (C=O) groups excluding carboxylic acids is 1. The Labute approximate surface area is 134 Å². The van der Waals surface area contributed by atoms with Crippen LogP contribution in [0.4, 0.5) is 4.39 Å². The van der Waals surface area contributed by atoms with Gasteiger partial charge in [0.15, 0.2) is 0 Å². The summed E-state index contributed by atoms with van der Waals surface area (Å²) in [5.41, 5.74) is 1.63. The van der Waals surface area contributed by atoms with Gasteiger partial charge >= 0.3 is 5.97 Å². The molecule has 0 saturated heterocycles. The minimum atomic E-state index is -0.413. The Bertz CT molecular complexity index is 653. The molecule has 0 saturated carbocycles. The summed E-state index contributed by atoms with van der Waals surface area (Å²) in [5.74, 6) is 0.369. The maximum Gasteiger partial charge on any atom is 0.309 e. The molecule has 0 amide bonds. The van der Waals surface area contributed by atoms with Gasteiger partial charge in [-0.05, 0) is 37.3 Å². The Kier molecular flexibility index (Phi) is 5.97. The quantitative estimate of drug-likeness (QED) is 0.731. The van der Waals surface area contributed by atoms with Gasteiger partial charge in [0.2, 0.25) is 0 Å². The average molecular weight is 318 g/mol. The molecule has 0 aromatic heterocycles.